The Morgan fingerprint density at radius 2 is 1.61 bits per heavy atom. The van der Waals surface area contributed by atoms with Crippen molar-refractivity contribution in [3.05, 3.63) is 35.4 Å². The first-order chi connectivity index (χ1) is 8.55. The largest absolute Gasteiger partial charge is 0.385 e. The quantitative estimate of drug-likeness (QED) is 0.805. The number of halogens is 2. The molecule has 98 valence electrons. The summed E-state index contributed by atoms with van der Waals surface area (Å²) in [5, 5.41) is 14.2. The minimum atomic E-state index is -1.09. The molecule has 2 aliphatic rings. The van der Waals surface area contributed by atoms with Gasteiger partial charge in [0.25, 0.3) is 0 Å². The van der Waals surface area contributed by atoms with Crippen molar-refractivity contribution in [3.8, 4) is 0 Å². The SMILES string of the molecule is OC1(c2cc(F)cc(F)c2)CC2CCCC(C1)N2. The second-order valence-electron chi connectivity index (χ2n) is 5.59. The van der Waals surface area contributed by atoms with Gasteiger partial charge in [0.05, 0.1) is 5.60 Å². The van der Waals surface area contributed by atoms with Crippen LogP contribution < -0.4 is 5.32 Å². The van der Waals surface area contributed by atoms with Gasteiger partial charge >= 0.3 is 0 Å². The molecule has 1 aromatic carbocycles. The predicted octanol–water partition coefficient (Wildman–Crippen LogP) is 2.46. The highest BCUT2D eigenvalue weighted by molar-refractivity contribution is 5.26. The van der Waals surface area contributed by atoms with Crippen LogP contribution in [0.4, 0.5) is 8.78 Å². The van der Waals surface area contributed by atoms with E-state index < -0.39 is 17.2 Å². The highest BCUT2D eigenvalue weighted by Crippen LogP contribution is 2.39. The Balaban J connectivity index is 1.93. The summed E-state index contributed by atoms with van der Waals surface area (Å²) in [6.07, 6.45) is 4.28. The summed E-state index contributed by atoms with van der Waals surface area (Å²) in [6, 6.07) is 3.87. The van der Waals surface area contributed by atoms with E-state index in [2.05, 4.69) is 5.32 Å². The first kappa shape index (κ1) is 12.1. The molecule has 2 bridgehead atoms. The Hall–Kier alpha value is -1.00. The Morgan fingerprint density at radius 1 is 1.06 bits per heavy atom. The van der Waals surface area contributed by atoms with Gasteiger partial charge in [-0.15, -0.1) is 0 Å². The highest BCUT2D eigenvalue weighted by Gasteiger charge is 2.42. The van der Waals surface area contributed by atoms with Crippen LogP contribution in [0.3, 0.4) is 0 Å². The van der Waals surface area contributed by atoms with E-state index in [-0.39, 0.29) is 12.1 Å². The van der Waals surface area contributed by atoms with Crippen LogP contribution in [0.2, 0.25) is 0 Å². The van der Waals surface area contributed by atoms with Crippen LogP contribution in [0, 0.1) is 11.6 Å². The molecule has 0 amide bonds. The second-order valence-corrected chi connectivity index (χ2v) is 5.59. The summed E-state index contributed by atoms with van der Waals surface area (Å²) in [6.45, 7) is 0. The van der Waals surface area contributed by atoms with E-state index in [9.17, 15) is 13.9 Å². The average Bonchev–Trinajstić information content (AvgIpc) is 2.26. The normalized spacial score (nSPS) is 35.5. The van der Waals surface area contributed by atoms with Crippen LogP contribution in [-0.2, 0) is 5.60 Å². The lowest BCUT2D eigenvalue weighted by Gasteiger charge is -2.45. The lowest BCUT2D eigenvalue weighted by molar-refractivity contribution is -0.0363. The monoisotopic (exact) mass is 253 g/mol. The number of benzene rings is 1. The summed E-state index contributed by atoms with van der Waals surface area (Å²) in [5.41, 5.74) is -0.720. The summed E-state index contributed by atoms with van der Waals surface area (Å²) < 4.78 is 26.6. The molecule has 4 heteroatoms. The van der Waals surface area contributed by atoms with Crippen molar-refractivity contribution in [3.63, 3.8) is 0 Å². The maximum Gasteiger partial charge on any atom is 0.126 e. The molecule has 2 N–H and O–H groups in total. The molecule has 2 unspecified atom stereocenters. The molecule has 2 fully saturated rings. The summed E-state index contributed by atoms with van der Waals surface area (Å²) in [5.74, 6) is -1.25. The molecular weight excluding hydrogens is 236 g/mol. The van der Waals surface area contributed by atoms with Crippen molar-refractivity contribution in [2.45, 2.75) is 49.8 Å². The maximum absolute atomic E-state index is 13.3. The van der Waals surface area contributed by atoms with Crippen molar-refractivity contribution in [1.82, 2.24) is 5.32 Å². The van der Waals surface area contributed by atoms with Gasteiger partial charge in [0.2, 0.25) is 0 Å². The first-order valence-corrected chi connectivity index (χ1v) is 6.50. The van der Waals surface area contributed by atoms with Crippen LogP contribution in [0.25, 0.3) is 0 Å². The molecule has 2 nitrogen and oxygen atoms in total. The fourth-order valence-corrected chi connectivity index (χ4v) is 3.39. The number of piperidine rings is 2. The van der Waals surface area contributed by atoms with E-state index in [1.165, 1.54) is 12.1 Å². The van der Waals surface area contributed by atoms with Gasteiger partial charge in [0.15, 0.2) is 0 Å². The number of fused-ring (bicyclic) bond motifs is 2. The van der Waals surface area contributed by atoms with Gasteiger partial charge in [-0.3, -0.25) is 0 Å². The molecule has 2 atom stereocenters. The highest BCUT2D eigenvalue weighted by atomic mass is 19.1. The third-order valence-electron chi connectivity index (χ3n) is 4.14. The Kier molecular flexibility index (Phi) is 2.87. The van der Waals surface area contributed by atoms with Gasteiger partial charge < -0.3 is 10.4 Å². The minimum Gasteiger partial charge on any atom is -0.385 e. The van der Waals surface area contributed by atoms with Crippen LogP contribution in [-0.4, -0.2) is 17.2 Å². The van der Waals surface area contributed by atoms with Crippen LogP contribution in [0.15, 0.2) is 18.2 Å². The third kappa shape index (κ3) is 2.15. The predicted molar refractivity (Wildman–Crippen MR) is 64.1 cm³/mol. The Labute approximate surface area is 105 Å². The van der Waals surface area contributed by atoms with E-state index in [0.29, 0.717) is 18.4 Å². The number of aliphatic hydroxyl groups is 1. The van der Waals surface area contributed by atoms with Crippen molar-refractivity contribution < 1.29 is 13.9 Å². The molecule has 18 heavy (non-hydrogen) atoms. The summed E-state index contributed by atoms with van der Waals surface area (Å²) in [4.78, 5) is 0. The van der Waals surface area contributed by atoms with Gasteiger partial charge in [-0.1, -0.05) is 6.42 Å². The van der Waals surface area contributed by atoms with E-state index in [1.54, 1.807) is 0 Å². The fraction of sp³-hybridized carbons (Fsp3) is 0.571. The number of nitrogens with one attached hydrogen (secondary N) is 1. The minimum absolute atomic E-state index is 0.258. The Bertz CT molecular complexity index is 431. The van der Waals surface area contributed by atoms with Crippen molar-refractivity contribution in [2.75, 3.05) is 0 Å². The zero-order valence-corrected chi connectivity index (χ0v) is 10.1. The van der Waals surface area contributed by atoms with Crippen LogP contribution in [0.1, 0.15) is 37.7 Å². The van der Waals surface area contributed by atoms with Crippen molar-refractivity contribution in [1.29, 1.82) is 0 Å². The Morgan fingerprint density at radius 3 is 2.17 bits per heavy atom. The molecule has 2 aliphatic heterocycles. The smallest absolute Gasteiger partial charge is 0.126 e. The molecule has 0 saturated carbocycles. The standard InChI is InChI=1S/C14H17F2NO/c15-10-4-9(5-11(16)6-10)14(18)7-12-2-1-3-13(8-14)17-12/h4-6,12-13,17-18H,1-3,7-8H2. The molecule has 0 aliphatic carbocycles. The van der Waals surface area contributed by atoms with Gasteiger partial charge in [0.1, 0.15) is 11.6 Å². The molecule has 2 heterocycles. The average molecular weight is 253 g/mol. The van der Waals surface area contributed by atoms with Crippen LogP contribution >= 0.6 is 0 Å². The zero-order chi connectivity index (χ0) is 12.8. The topological polar surface area (TPSA) is 32.3 Å². The molecule has 3 rings (SSSR count). The second kappa shape index (κ2) is 4.28. The molecule has 0 aromatic heterocycles. The van der Waals surface area contributed by atoms with E-state index >= 15 is 0 Å². The van der Waals surface area contributed by atoms with Gasteiger partial charge in [-0.2, -0.15) is 0 Å². The fourth-order valence-electron chi connectivity index (χ4n) is 3.39. The molecule has 0 radical (unpaired) electrons. The lowest BCUT2D eigenvalue weighted by Crippen LogP contribution is -2.54. The maximum atomic E-state index is 13.3. The lowest BCUT2D eigenvalue weighted by atomic mass is 9.74. The number of hydrogen-bond acceptors (Lipinski definition) is 2. The molecule has 1 aromatic rings. The van der Waals surface area contributed by atoms with E-state index in [0.717, 1.165) is 25.3 Å². The van der Waals surface area contributed by atoms with E-state index in [4.69, 9.17) is 0 Å². The van der Waals surface area contributed by atoms with Crippen molar-refractivity contribution >= 4 is 0 Å². The molecular formula is C14H17F2NO. The summed E-state index contributed by atoms with van der Waals surface area (Å²) in [7, 11) is 0. The van der Waals surface area contributed by atoms with E-state index in [1.807, 2.05) is 0 Å². The number of rotatable bonds is 1. The van der Waals surface area contributed by atoms with Gasteiger partial charge in [-0.05, 0) is 43.4 Å². The van der Waals surface area contributed by atoms with Gasteiger partial charge in [-0.25, -0.2) is 8.78 Å². The zero-order valence-electron chi connectivity index (χ0n) is 10.1. The summed E-state index contributed by atoms with van der Waals surface area (Å²) >= 11 is 0. The van der Waals surface area contributed by atoms with Crippen LogP contribution in [0.5, 0.6) is 0 Å². The molecule has 2 saturated heterocycles. The number of hydrogen-bond donors (Lipinski definition) is 2. The first-order valence-electron chi connectivity index (χ1n) is 6.50. The van der Waals surface area contributed by atoms with Crippen molar-refractivity contribution in [2.24, 2.45) is 0 Å². The third-order valence-corrected chi connectivity index (χ3v) is 4.14. The van der Waals surface area contributed by atoms with Gasteiger partial charge in [0, 0.05) is 18.2 Å². The molecule has 0 spiro atoms.